The molecule has 0 amide bonds. The van der Waals surface area contributed by atoms with Crippen molar-refractivity contribution in [2.24, 2.45) is 0 Å². The number of halogens is 1. The van der Waals surface area contributed by atoms with Crippen LogP contribution in [0.1, 0.15) is 31.1 Å². The molecule has 0 radical (unpaired) electrons. The summed E-state index contributed by atoms with van der Waals surface area (Å²) in [4.78, 5) is 40.1. The number of fused-ring (bicyclic) bond motifs is 1. The molecule has 2 aromatic rings. The van der Waals surface area contributed by atoms with Gasteiger partial charge in [0.25, 0.3) is 5.56 Å². The summed E-state index contributed by atoms with van der Waals surface area (Å²) in [6.07, 6.45) is 0.243. The fourth-order valence-corrected chi connectivity index (χ4v) is 2.88. The molecule has 1 N–H and O–H groups in total. The predicted octanol–water partition coefficient (Wildman–Crippen LogP) is 1.41. The minimum atomic E-state index is -0.772. The van der Waals surface area contributed by atoms with Crippen LogP contribution in [0.3, 0.4) is 0 Å². The van der Waals surface area contributed by atoms with Crippen molar-refractivity contribution < 1.29 is 19.1 Å². The maximum Gasteiger partial charge on any atom is 0.265 e. The highest BCUT2D eigenvalue weighted by Crippen LogP contribution is 2.26. The number of nitrogens with zero attached hydrogens (tertiary/aromatic N) is 2. The van der Waals surface area contributed by atoms with Crippen LogP contribution in [0, 0.1) is 12.7 Å². The van der Waals surface area contributed by atoms with E-state index in [4.69, 9.17) is 0 Å². The number of ketones is 2. The van der Waals surface area contributed by atoms with E-state index >= 15 is 0 Å². The van der Waals surface area contributed by atoms with Crippen molar-refractivity contribution in [3.63, 3.8) is 0 Å². The topological polar surface area (TPSA) is 89.3 Å². The summed E-state index contributed by atoms with van der Waals surface area (Å²) >= 11 is 0. The molecule has 22 heavy (non-hydrogen) atoms. The highest BCUT2D eigenvalue weighted by Gasteiger charge is 2.31. The standard InChI is InChI=1S/C15H13FN2O4/c1-7-17-10-4-8(16)5-13(21)14(10)15(22)18(7)11-3-2-9(19)6-12(11)20/h4-5,11,21H,2-3,6H2,1H3. The normalized spacial score (nSPS) is 18.9. The lowest BCUT2D eigenvalue weighted by Gasteiger charge is -2.24. The Bertz CT molecular complexity index is 872. The molecule has 1 aromatic carbocycles. The Hall–Kier alpha value is -2.57. The van der Waals surface area contributed by atoms with Crippen molar-refractivity contribution in [2.75, 3.05) is 0 Å². The second-order valence-corrected chi connectivity index (χ2v) is 5.39. The smallest absolute Gasteiger partial charge is 0.265 e. The number of hydrogen-bond acceptors (Lipinski definition) is 5. The second-order valence-electron chi connectivity index (χ2n) is 5.39. The van der Waals surface area contributed by atoms with Gasteiger partial charge in [0.05, 0.1) is 18.0 Å². The number of aryl methyl sites for hydroxylation is 1. The van der Waals surface area contributed by atoms with Crippen LogP contribution in [0.2, 0.25) is 0 Å². The van der Waals surface area contributed by atoms with Crippen LogP contribution in [-0.4, -0.2) is 26.2 Å². The molecule has 1 saturated carbocycles. The Morgan fingerprint density at radius 2 is 2.05 bits per heavy atom. The van der Waals surface area contributed by atoms with Gasteiger partial charge in [0.1, 0.15) is 28.6 Å². The lowest BCUT2D eigenvalue weighted by molar-refractivity contribution is -0.132. The van der Waals surface area contributed by atoms with Gasteiger partial charge in [-0.2, -0.15) is 0 Å². The summed E-state index contributed by atoms with van der Waals surface area (Å²) in [6.45, 7) is 1.53. The van der Waals surface area contributed by atoms with Gasteiger partial charge in [-0.3, -0.25) is 19.0 Å². The maximum absolute atomic E-state index is 13.3. The van der Waals surface area contributed by atoms with Gasteiger partial charge in [-0.05, 0) is 13.3 Å². The molecule has 0 saturated heterocycles. The molecule has 0 bridgehead atoms. The number of aromatic hydroxyl groups is 1. The molecular weight excluding hydrogens is 291 g/mol. The summed E-state index contributed by atoms with van der Waals surface area (Å²) in [7, 11) is 0. The van der Waals surface area contributed by atoms with Gasteiger partial charge in [-0.15, -0.1) is 0 Å². The summed E-state index contributed by atoms with van der Waals surface area (Å²) < 4.78 is 14.5. The Labute approximate surface area is 124 Å². The van der Waals surface area contributed by atoms with E-state index in [0.29, 0.717) is 0 Å². The molecule has 1 fully saturated rings. The van der Waals surface area contributed by atoms with Gasteiger partial charge >= 0.3 is 0 Å². The van der Waals surface area contributed by atoms with Crippen molar-refractivity contribution in [2.45, 2.75) is 32.2 Å². The zero-order valence-electron chi connectivity index (χ0n) is 11.8. The number of phenols is 1. The van der Waals surface area contributed by atoms with Crippen molar-refractivity contribution in [3.8, 4) is 5.75 Å². The van der Waals surface area contributed by atoms with E-state index in [-0.39, 0.29) is 47.6 Å². The van der Waals surface area contributed by atoms with Crippen molar-refractivity contribution >= 4 is 22.5 Å². The van der Waals surface area contributed by atoms with E-state index in [9.17, 15) is 23.9 Å². The Kier molecular flexibility index (Phi) is 3.27. The Balaban J connectivity index is 2.25. The second kappa shape index (κ2) is 5.01. The Morgan fingerprint density at radius 1 is 1.32 bits per heavy atom. The molecule has 1 aliphatic rings. The van der Waals surface area contributed by atoms with Crippen molar-refractivity contribution in [1.82, 2.24) is 9.55 Å². The summed E-state index contributed by atoms with van der Waals surface area (Å²) in [5, 5.41) is 9.69. The van der Waals surface area contributed by atoms with E-state index in [2.05, 4.69) is 4.98 Å². The molecule has 3 rings (SSSR count). The third-order valence-electron chi connectivity index (χ3n) is 3.88. The molecule has 114 valence electrons. The average Bonchev–Trinajstić information content (AvgIpc) is 2.39. The number of hydrogen-bond donors (Lipinski definition) is 1. The average molecular weight is 304 g/mol. The Morgan fingerprint density at radius 3 is 2.73 bits per heavy atom. The van der Waals surface area contributed by atoms with Gasteiger partial charge in [-0.1, -0.05) is 0 Å². The number of Topliss-reactive ketones (excluding diaryl/α,β-unsaturated/α-hetero) is 2. The van der Waals surface area contributed by atoms with Crippen LogP contribution in [-0.2, 0) is 9.59 Å². The van der Waals surface area contributed by atoms with Crippen molar-refractivity contribution in [3.05, 3.63) is 34.1 Å². The molecule has 0 spiro atoms. The highest BCUT2D eigenvalue weighted by atomic mass is 19.1. The lowest BCUT2D eigenvalue weighted by atomic mass is 9.92. The first kappa shape index (κ1) is 14.4. The number of benzene rings is 1. The minimum absolute atomic E-state index is 0.0376. The van der Waals surface area contributed by atoms with E-state index < -0.39 is 23.2 Å². The molecule has 6 nitrogen and oxygen atoms in total. The molecule has 1 aliphatic carbocycles. The fraction of sp³-hybridized carbons (Fsp3) is 0.333. The van der Waals surface area contributed by atoms with Crippen molar-refractivity contribution in [1.29, 1.82) is 0 Å². The number of carbonyl (C=O) groups excluding carboxylic acids is 2. The highest BCUT2D eigenvalue weighted by molar-refractivity contribution is 6.03. The minimum Gasteiger partial charge on any atom is -0.507 e. The van der Waals surface area contributed by atoms with Crippen LogP contribution < -0.4 is 5.56 Å². The SMILES string of the molecule is Cc1nc2cc(F)cc(O)c2c(=O)n1C1CCC(=O)CC1=O. The van der Waals surface area contributed by atoms with Crippen LogP contribution in [0.5, 0.6) is 5.75 Å². The molecule has 1 atom stereocenters. The molecular formula is C15H13FN2O4. The maximum atomic E-state index is 13.3. The molecule has 1 aromatic heterocycles. The zero-order valence-corrected chi connectivity index (χ0v) is 11.8. The van der Waals surface area contributed by atoms with Gasteiger partial charge in [-0.25, -0.2) is 9.37 Å². The largest absolute Gasteiger partial charge is 0.507 e. The molecule has 0 aliphatic heterocycles. The summed E-state index contributed by atoms with van der Waals surface area (Å²) in [5.41, 5.74) is -0.566. The van der Waals surface area contributed by atoms with E-state index in [0.717, 1.165) is 12.1 Å². The van der Waals surface area contributed by atoms with E-state index in [1.165, 1.54) is 11.5 Å². The van der Waals surface area contributed by atoms with Gasteiger partial charge < -0.3 is 5.11 Å². The number of carbonyl (C=O) groups is 2. The lowest BCUT2D eigenvalue weighted by Crippen LogP contribution is -2.36. The molecule has 1 heterocycles. The third kappa shape index (κ3) is 2.18. The summed E-state index contributed by atoms with van der Waals surface area (Å²) in [6, 6.07) is 1.11. The first-order valence-electron chi connectivity index (χ1n) is 6.84. The first-order valence-corrected chi connectivity index (χ1v) is 6.84. The van der Waals surface area contributed by atoms with Crippen LogP contribution in [0.25, 0.3) is 10.9 Å². The zero-order chi connectivity index (χ0) is 16.0. The van der Waals surface area contributed by atoms with Gasteiger partial charge in [0, 0.05) is 18.6 Å². The van der Waals surface area contributed by atoms with Gasteiger partial charge in [0.15, 0.2) is 5.78 Å². The number of phenolic OH excluding ortho intramolecular Hbond substituents is 1. The summed E-state index contributed by atoms with van der Waals surface area (Å²) in [5.74, 6) is -1.46. The predicted molar refractivity (Wildman–Crippen MR) is 75.3 cm³/mol. The van der Waals surface area contributed by atoms with Crippen LogP contribution in [0.15, 0.2) is 16.9 Å². The first-order chi connectivity index (χ1) is 10.4. The van der Waals surface area contributed by atoms with Crippen LogP contribution >= 0.6 is 0 Å². The number of aromatic nitrogens is 2. The number of rotatable bonds is 1. The molecule has 1 unspecified atom stereocenters. The monoisotopic (exact) mass is 304 g/mol. The van der Waals surface area contributed by atoms with Gasteiger partial charge in [0.2, 0.25) is 0 Å². The van der Waals surface area contributed by atoms with Crippen LogP contribution in [0.4, 0.5) is 4.39 Å². The van der Waals surface area contributed by atoms with E-state index in [1.807, 2.05) is 0 Å². The van der Waals surface area contributed by atoms with E-state index in [1.54, 1.807) is 0 Å². The third-order valence-corrected chi connectivity index (χ3v) is 3.88. The quantitative estimate of drug-likeness (QED) is 0.805. The molecule has 7 heteroatoms. The fourth-order valence-electron chi connectivity index (χ4n) is 2.88.